The molecule has 1 aliphatic rings. The van der Waals surface area contributed by atoms with E-state index in [9.17, 15) is 0 Å². The van der Waals surface area contributed by atoms with Crippen molar-refractivity contribution in [2.75, 3.05) is 39.3 Å². The van der Waals surface area contributed by atoms with Gasteiger partial charge in [0.15, 0.2) is 4.96 Å². The molecule has 1 saturated heterocycles. The molecule has 1 fully saturated rings. The van der Waals surface area contributed by atoms with Crippen LogP contribution in [-0.2, 0) is 13.1 Å². The second-order valence-electron chi connectivity index (χ2n) is 8.13. The number of nitrogens with one attached hydrogen (secondary N) is 1. The molecular formula is C23H33N5S. The first-order valence-electron chi connectivity index (χ1n) is 10.8. The number of aryl methyl sites for hydroxylation is 2. The summed E-state index contributed by atoms with van der Waals surface area (Å²) in [6.45, 7) is 13.3. The number of thiazole rings is 1. The number of benzene rings is 1. The van der Waals surface area contributed by atoms with Gasteiger partial charge in [-0.1, -0.05) is 30.3 Å². The van der Waals surface area contributed by atoms with Crippen molar-refractivity contribution in [2.24, 2.45) is 0 Å². The zero-order chi connectivity index (χ0) is 20.1. The summed E-state index contributed by atoms with van der Waals surface area (Å²) in [4.78, 5) is 12.3. The standard InChI is InChI=1S/C23H33N5S/c1-19-17-28-22(20(2)25-23(28)29-19)16-24-10-6-7-11-26-12-14-27(15-13-26)18-21-8-4-3-5-9-21/h3-5,8-9,17,24H,6-7,10-16,18H2,1-2H3. The van der Waals surface area contributed by atoms with Gasteiger partial charge in [0.25, 0.3) is 0 Å². The molecule has 156 valence electrons. The van der Waals surface area contributed by atoms with Crippen LogP contribution >= 0.6 is 11.3 Å². The highest BCUT2D eigenvalue weighted by Gasteiger charge is 2.16. The molecule has 6 heteroatoms. The zero-order valence-electron chi connectivity index (χ0n) is 17.7. The third-order valence-corrected chi connectivity index (χ3v) is 6.72. The van der Waals surface area contributed by atoms with E-state index >= 15 is 0 Å². The van der Waals surface area contributed by atoms with Gasteiger partial charge in [-0.25, -0.2) is 4.98 Å². The highest BCUT2D eigenvalue weighted by Crippen LogP contribution is 2.20. The normalized spacial score (nSPS) is 16.1. The third kappa shape index (κ3) is 5.45. The predicted octanol–water partition coefficient (Wildman–Crippen LogP) is 3.70. The van der Waals surface area contributed by atoms with E-state index in [0.717, 1.165) is 30.3 Å². The quantitative estimate of drug-likeness (QED) is 0.545. The molecule has 1 aromatic carbocycles. The molecule has 3 aromatic rings. The van der Waals surface area contributed by atoms with Crippen LogP contribution in [0.25, 0.3) is 4.96 Å². The van der Waals surface area contributed by atoms with Gasteiger partial charge in [-0.3, -0.25) is 9.30 Å². The number of unbranched alkanes of at least 4 members (excludes halogenated alkanes) is 1. The van der Waals surface area contributed by atoms with E-state index < -0.39 is 0 Å². The topological polar surface area (TPSA) is 35.8 Å². The SMILES string of the molecule is Cc1cn2c(CNCCCCN3CCN(Cc4ccccc4)CC3)c(C)nc2s1. The second-order valence-corrected chi connectivity index (χ2v) is 9.34. The molecule has 2 aromatic heterocycles. The molecule has 3 heterocycles. The first-order valence-corrected chi connectivity index (χ1v) is 11.6. The molecule has 0 bridgehead atoms. The number of hydrogen-bond acceptors (Lipinski definition) is 5. The Morgan fingerprint density at radius 3 is 2.55 bits per heavy atom. The summed E-state index contributed by atoms with van der Waals surface area (Å²) in [5, 5.41) is 3.62. The average Bonchev–Trinajstić information content (AvgIpc) is 3.21. The maximum atomic E-state index is 4.67. The lowest BCUT2D eigenvalue weighted by molar-refractivity contribution is 0.125. The molecule has 29 heavy (non-hydrogen) atoms. The van der Waals surface area contributed by atoms with Gasteiger partial charge in [0.2, 0.25) is 0 Å². The average molecular weight is 412 g/mol. The lowest BCUT2D eigenvalue weighted by atomic mass is 10.2. The maximum Gasteiger partial charge on any atom is 0.194 e. The van der Waals surface area contributed by atoms with E-state index in [1.807, 2.05) is 0 Å². The van der Waals surface area contributed by atoms with Gasteiger partial charge in [-0.05, 0) is 45.3 Å². The van der Waals surface area contributed by atoms with Crippen LogP contribution < -0.4 is 5.32 Å². The minimum absolute atomic E-state index is 0.904. The van der Waals surface area contributed by atoms with Crippen LogP contribution in [0.5, 0.6) is 0 Å². The van der Waals surface area contributed by atoms with Crippen molar-refractivity contribution >= 4 is 16.3 Å². The Bertz CT molecular complexity index is 893. The van der Waals surface area contributed by atoms with E-state index in [4.69, 9.17) is 0 Å². The third-order valence-electron chi connectivity index (χ3n) is 5.83. The van der Waals surface area contributed by atoms with Crippen molar-refractivity contribution in [3.05, 3.63) is 58.4 Å². The fourth-order valence-electron chi connectivity index (χ4n) is 4.13. The van der Waals surface area contributed by atoms with Gasteiger partial charge in [-0.15, -0.1) is 11.3 Å². The lowest BCUT2D eigenvalue weighted by Crippen LogP contribution is -2.46. The molecule has 4 rings (SSSR count). The van der Waals surface area contributed by atoms with E-state index in [2.05, 4.69) is 74.9 Å². The summed E-state index contributed by atoms with van der Waals surface area (Å²) in [5.41, 5.74) is 3.88. The number of hydrogen-bond donors (Lipinski definition) is 1. The molecule has 0 atom stereocenters. The summed E-state index contributed by atoms with van der Waals surface area (Å²) in [5.74, 6) is 0. The van der Waals surface area contributed by atoms with Crippen molar-refractivity contribution < 1.29 is 0 Å². The van der Waals surface area contributed by atoms with E-state index in [-0.39, 0.29) is 0 Å². The maximum absolute atomic E-state index is 4.67. The largest absolute Gasteiger partial charge is 0.311 e. The van der Waals surface area contributed by atoms with E-state index in [1.54, 1.807) is 11.3 Å². The second kappa shape index (κ2) is 9.85. The van der Waals surface area contributed by atoms with Crippen LogP contribution in [0.1, 0.15) is 34.7 Å². The molecule has 0 unspecified atom stereocenters. The summed E-state index contributed by atoms with van der Waals surface area (Å²) in [7, 11) is 0. The number of rotatable bonds is 9. The predicted molar refractivity (Wildman–Crippen MR) is 122 cm³/mol. The highest BCUT2D eigenvalue weighted by molar-refractivity contribution is 7.17. The molecule has 1 aliphatic heterocycles. The zero-order valence-corrected chi connectivity index (χ0v) is 18.5. The number of piperazine rings is 1. The Morgan fingerprint density at radius 2 is 1.76 bits per heavy atom. The molecule has 0 radical (unpaired) electrons. The molecule has 1 N–H and O–H groups in total. The molecule has 0 amide bonds. The van der Waals surface area contributed by atoms with Gasteiger partial charge >= 0.3 is 0 Å². The highest BCUT2D eigenvalue weighted by atomic mass is 32.1. The number of fused-ring (bicyclic) bond motifs is 1. The van der Waals surface area contributed by atoms with Crippen molar-refractivity contribution in [1.82, 2.24) is 24.5 Å². The lowest BCUT2D eigenvalue weighted by Gasteiger charge is -2.34. The van der Waals surface area contributed by atoms with Crippen LogP contribution in [0, 0.1) is 13.8 Å². The first-order chi connectivity index (χ1) is 14.2. The van der Waals surface area contributed by atoms with Gasteiger partial charge in [0, 0.05) is 50.3 Å². The minimum atomic E-state index is 0.904. The van der Waals surface area contributed by atoms with Crippen LogP contribution in [-0.4, -0.2) is 58.5 Å². The van der Waals surface area contributed by atoms with Gasteiger partial charge in [0.1, 0.15) is 0 Å². The monoisotopic (exact) mass is 411 g/mol. The Hall–Kier alpha value is -1.73. The Balaban J connectivity index is 1.10. The van der Waals surface area contributed by atoms with Crippen LogP contribution in [0.2, 0.25) is 0 Å². The molecule has 5 nitrogen and oxygen atoms in total. The van der Waals surface area contributed by atoms with Crippen molar-refractivity contribution in [3.63, 3.8) is 0 Å². The van der Waals surface area contributed by atoms with Crippen molar-refractivity contribution in [3.8, 4) is 0 Å². The molecule has 0 spiro atoms. The fourth-order valence-corrected chi connectivity index (χ4v) is 5.02. The number of imidazole rings is 1. The summed E-state index contributed by atoms with van der Waals surface area (Å²) in [6.07, 6.45) is 4.70. The Kier molecular flexibility index (Phi) is 6.98. The number of nitrogens with zero attached hydrogens (tertiary/aromatic N) is 4. The van der Waals surface area contributed by atoms with Crippen molar-refractivity contribution in [2.45, 2.75) is 39.8 Å². The van der Waals surface area contributed by atoms with Crippen molar-refractivity contribution in [1.29, 1.82) is 0 Å². The number of aromatic nitrogens is 2. The molecule has 0 saturated carbocycles. The summed E-state index contributed by atoms with van der Waals surface area (Å²) < 4.78 is 2.25. The van der Waals surface area contributed by atoms with E-state index in [0.29, 0.717) is 0 Å². The Morgan fingerprint density at radius 1 is 1.00 bits per heavy atom. The van der Waals surface area contributed by atoms with E-state index in [1.165, 1.54) is 61.7 Å². The smallest absolute Gasteiger partial charge is 0.194 e. The van der Waals surface area contributed by atoms with Gasteiger partial charge < -0.3 is 10.2 Å². The molecule has 0 aliphatic carbocycles. The summed E-state index contributed by atoms with van der Waals surface area (Å²) >= 11 is 1.77. The summed E-state index contributed by atoms with van der Waals surface area (Å²) in [6, 6.07) is 10.8. The van der Waals surface area contributed by atoms with Gasteiger partial charge in [0.05, 0.1) is 11.4 Å². The Labute approximate surface area is 178 Å². The first kappa shape index (κ1) is 20.5. The molecular weight excluding hydrogens is 378 g/mol. The van der Waals surface area contributed by atoms with Crippen LogP contribution in [0.3, 0.4) is 0 Å². The minimum Gasteiger partial charge on any atom is -0.311 e. The van der Waals surface area contributed by atoms with Crippen LogP contribution in [0.4, 0.5) is 0 Å². The fraction of sp³-hybridized carbons (Fsp3) is 0.522. The van der Waals surface area contributed by atoms with Crippen LogP contribution in [0.15, 0.2) is 36.5 Å². The van der Waals surface area contributed by atoms with Gasteiger partial charge in [-0.2, -0.15) is 0 Å².